The van der Waals surface area contributed by atoms with Crippen LogP contribution in [-0.4, -0.2) is 47.2 Å². The average molecular weight is 250 g/mol. The average Bonchev–Trinajstić information content (AvgIpc) is 2.38. The first-order valence-electron chi connectivity index (χ1n) is 6.19. The molecule has 1 aliphatic heterocycles. The van der Waals surface area contributed by atoms with Crippen molar-refractivity contribution in [3.05, 3.63) is 24.0 Å². The van der Waals surface area contributed by atoms with E-state index < -0.39 is 5.97 Å². The van der Waals surface area contributed by atoms with E-state index in [1.165, 1.54) is 25.1 Å². The molecule has 18 heavy (non-hydrogen) atoms. The maximum absolute atomic E-state index is 10.7. The van der Waals surface area contributed by atoms with Gasteiger partial charge in [-0.2, -0.15) is 0 Å². The minimum Gasteiger partial charge on any atom is -0.490 e. The highest BCUT2D eigenvalue weighted by Crippen LogP contribution is 2.17. The molecule has 1 unspecified atom stereocenters. The largest absolute Gasteiger partial charge is 0.490 e. The summed E-state index contributed by atoms with van der Waals surface area (Å²) in [5.41, 5.74) is 0.0390. The summed E-state index contributed by atoms with van der Waals surface area (Å²) >= 11 is 0. The van der Waals surface area contributed by atoms with Crippen LogP contribution < -0.4 is 4.74 Å². The third kappa shape index (κ3) is 3.20. The van der Waals surface area contributed by atoms with Crippen molar-refractivity contribution in [3.8, 4) is 5.75 Å². The summed E-state index contributed by atoms with van der Waals surface area (Å²) in [6.45, 7) is 1.74. The highest BCUT2D eigenvalue weighted by Gasteiger charge is 2.19. The van der Waals surface area contributed by atoms with Crippen LogP contribution in [0.1, 0.15) is 29.8 Å². The number of aromatic carboxylic acids is 1. The standard InChI is InChI=1S/C13H18N2O3/c1-15-7-3-2-4-10(15)9-18-11-5-6-12(13(16)17)14-8-11/h5-6,8,10H,2-4,7,9H2,1H3,(H,16,17). The molecular formula is C13H18N2O3. The van der Waals surface area contributed by atoms with Crippen molar-refractivity contribution >= 4 is 5.97 Å². The molecule has 0 aromatic carbocycles. The summed E-state index contributed by atoms with van der Waals surface area (Å²) in [5.74, 6) is -0.396. The van der Waals surface area contributed by atoms with Crippen molar-refractivity contribution in [2.75, 3.05) is 20.2 Å². The zero-order valence-electron chi connectivity index (χ0n) is 10.5. The number of nitrogens with zero attached hydrogens (tertiary/aromatic N) is 2. The Kier molecular flexibility index (Phi) is 4.15. The molecule has 1 aliphatic rings. The zero-order chi connectivity index (χ0) is 13.0. The molecule has 0 aliphatic carbocycles. The molecule has 0 amide bonds. The number of rotatable bonds is 4. The molecule has 1 aromatic rings. The molecule has 5 nitrogen and oxygen atoms in total. The molecule has 0 bridgehead atoms. The van der Waals surface area contributed by atoms with Crippen LogP contribution in [0.2, 0.25) is 0 Å². The molecule has 0 saturated carbocycles. The summed E-state index contributed by atoms with van der Waals surface area (Å²) in [5, 5.41) is 8.73. The predicted molar refractivity (Wildman–Crippen MR) is 67.0 cm³/mol. The third-order valence-corrected chi connectivity index (χ3v) is 3.32. The van der Waals surface area contributed by atoms with Crippen LogP contribution in [-0.2, 0) is 0 Å². The van der Waals surface area contributed by atoms with Gasteiger partial charge in [0.25, 0.3) is 0 Å². The molecule has 1 saturated heterocycles. The Morgan fingerprint density at radius 1 is 1.56 bits per heavy atom. The molecule has 5 heteroatoms. The minimum absolute atomic E-state index is 0.0390. The van der Waals surface area contributed by atoms with Gasteiger partial charge in [0.1, 0.15) is 18.1 Å². The van der Waals surface area contributed by atoms with E-state index >= 15 is 0 Å². The predicted octanol–water partition coefficient (Wildman–Crippen LogP) is 1.64. The van der Waals surface area contributed by atoms with Gasteiger partial charge in [-0.25, -0.2) is 9.78 Å². The van der Waals surface area contributed by atoms with Crippen molar-refractivity contribution < 1.29 is 14.6 Å². The van der Waals surface area contributed by atoms with Gasteiger partial charge in [0.05, 0.1) is 6.20 Å². The molecule has 2 heterocycles. The van der Waals surface area contributed by atoms with Crippen LogP contribution in [0.5, 0.6) is 5.75 Å². The van der Waals surface area contributed by atoms with Crippen LogP contribution in [0.25, 0.3) is 0 Å². The molecule has 98 valence electrons. The number of likely N-dealkylation sites (N-methyl/N-ethyl adjacent to an activating group) is 1. The second kappa shape index (κ2) is 5.82. The fourth-order valence-corrected chi connectivity index (χ4v) is 2.14. The van der Waals surface area contributed by atoms with Gasteiger partial charge in [-0.1, -0.05) is 6.42 Å². The number of pyridine rings is 1. The van der Waals surface area contributed by atoms with Crippen LogP contribution >= 0.6 is 0 Å². The summed E-state index contributed by atoms with van der Waals surface area (Å²) in [6, 6.07) is 3.56. The Bertz CT molecular complexity index is 405. The zero-order valence-corrected chi connectivity index (χ0v) is 10.5. The van der Waals surface area contributed by atoms with Gasteiger partial charge in [0, 0.05) is 6.04 Å². The molecule has 1 N–H and O–H groups in total. The maximum Gasteiger partial charge on any atom is 0.354 e. The molecule has 1 fully saturated rings. The van der Waals surface area contributed by atoms with Crippen molar-refractivity contribution in [3.63, 3.8) is 0 Å². The smallest absolute Gasteiger partial charge is 0.354 e. The van der Waals surface area contributed by atoms with Gasteiger partial charge in [0.2, 0.25) is 0 Å². The Labute approximate surface area is 106 Å². The number of ether oxygens (including phenoxy) is 1. The molecule has 1 atom stereocenters. The topological polar surface area (TPSA) is 62.7 Å². The van der Waals surface area contributed by atoms with Gasteiger partial charge in [0.15, 0.2) is 0 Å². The first kappa shape index (κ1) is 12.8. The lowest BCUT2D eigenvalue weighted by molar-refractivity contribution is 0.0690. The first-order chi connectivity index (χ1) is 8.66. The lowest BCUT2D eigenvalue weighted by Gasteiger charge is -2.32. The summed E-state index contributed by atoms with van der Waals surface area (Å²) in [4.78, 5) is 16.8. The second-order valence-corrected chi connectivity index (χ2v) is 4.63. The van der Waals surface area contributed by atoms with E-state index in [1.54, 1.807) is 6.07 Å². The molecule has 0 radical (unpaired) electrons. The Balaban J connectivity index is 1.87. The number of aromatic nitrogens is 1. The monoisotopic (exact) mass is 250 g/mol. The van der Waals surface area contributed by atoms with E-state index in [2.05, 4.69) is 16.9 Å². The van der Waals surface area contributed by atoms with Crippen molar-refractivity contribution in [1.82, 2.24) is 9.88 Å². The maximum atomic E-state index is 10.7. The Morgan fingerprint density at radius 2 is 2.39 bits per heavy atom. The van der Waals surface area contributed by atoms with Crippen molar-refractivity contribution in [2.45, 2.75) is 25.3 Å². The first-order valence-corrected chi connectivity index (χ1v) is 6.19. The van der Waals surface area contributed by atoms with E-state index in [0.29, 0.717) is 18.4 Å². The molecule has 0 spiro atoms. The summed E-state index contributed by atoms with van der Waals surface area (Å²) in [6.07, 6.45) is 5.11. The molecule has 2 rings (SSSR count). The molecule has 1 aromatic heterocycles. The van der Waals surface area contributed by atoms with Gasteiger partial charge in [-0.3, -0.25) is 0 Å². The Morgan fingerprint density at radius 3 is 3.00 bits per heavy atom. The number of carboxylic acid groups (broad SMARTS) is 1. The van der Waals surface area contributed by atoms with Crippen LogP contribution in [0.3, 0.4) is 0 Å². The number of likely N-dealkylation sites (tertiary alicyclic amines) is 1. The van der Waals surface area contributed by atoms with Gasteiger partial charge < -0.3 is 14.7 Å². The van der Waals surface area contributed by atoms with Gasteiger partial charge >= 0.3 is 5.97 Å². The Hall–Kier alpha value is -1.62. The normalized spacial score (nSPS) is 20.6. The van der Waals surface area contributed by atoms with E-state index in [9.17, 15) is 4.79 Å². The van der Waals surface area contributed by atoms with Crippen LogP contribution in [0.4, 0.5) is 0 Å². The number of carboxylic acids is 1. The fourth-order valence-electron chi connectivity index (χ4n) is 2.14. The summed E-state index contributed by atoms with van der Waals surface area (Å²) in [7, 11) is 2.11. The van der Waals surface area contributed by atoms with Gasteiger partial charge in [-0.05, 0) is 38.6 Å². The molecular weight excluding hydrogens is 232 g/mol. The highest BCUT2D eigenvalue weighted by atomic mass is 16.5. The number of hydrogen-bond donors (Lipinski definition) is 1. The van der Waals surface area contributed by atoms with Gasteiger partial charge in [-0.15, -0.1) is 0 Å². The number of piperidine rings is 1. The van der Waals surface area contributed by atoms with E-state index in [1.807, 2.05) is 0 Å². The van der Waals surface area contributed by atoms with E-state index in [-0.39, 0.29) is 5.69 Å². The van der Waals surface area contributed by atoms with E-state index in [0.717, 1.165) is 13.0 Å². The lowest BCUT2D eigenvalue weighted by atomic mass is 10.0. The SMILES string of the molecule is CN1CCCCC1COc1ccc(C(=O)O)nc1. The number of carbonyl (C=O) groups is 1. The fraction of sp³-hybridized carbons (Fsp3) is 0.538. The highest BCUT2D eigenvalue weighted by molar-refractivity contribution is 5.85. The van der Waals surface area contributed by atoms with Crippen LogP contribution in [0, 0.1) is 0 Å². The minimum atomic E-state index is -1.02. The van der Waals surface area contributed by atoms with Crippen molar-refractivity contribution in [2.24, 2.45) is 0 Å². The summed E-state index contributed by atoms with van der Waals surface area (Å²) < 4.78 is 5.65. The van der Waals surface area contributed by atoms with E-state index in [4.69, 9.17) is 9.84 Å². The second-order valence-electron chi connectivity index (χ2n) is 4.63. The van der Waals surface area contributed by atoms with Crippen molar-refractivity contribution in [1.29, 1.82) is 0 Å². The number of hydrogen-bond acceptors (Lipinski definition) is 4. The third-order valence-electron chi connectivity index (χ3n) is 3.32. The van der Waals surface area contributed by atoms with Crippen LogP contribution in [0.15, 0.2) is 18.3 Å². The lowest BCUT2D eigenvalue weighted by Crippen LogP contribution is -2.40. The quantitative estimate of drug-likeness (QED) is 0.880.